The Morgan fingerprint density at radius 3 is 2.46 bits per heavy atom. The van der Waals surface area contributed by atoms with Gasteiger partial charge in [-0.15, -0.1) is 13.2 Å². The summed E-state index contributed by atoms with van der Waals surface area (Å²) in [7, 11) is 3.08. The third-order valence-corrected chi connectivity index (χ3v) is 3.12. The Hall–Kier alpha value is -3.20. The fourth-order valence-corrected chi connectivity index (χ4v) is 1.94. The van der Waals surface area contributed by atoms with Gasteiger partial charge in [-0.1, -0.05) is 12.2 Å². The summed E-state index contributed by atoms with van der Waals surface area (Å²) in [5, 5.41) is 12.2. The number of nitrogens with one attached hydrogen (secondary N) is 1. The Kier molecular flexibility index (Phi) is 7.65. The summed E-state index contributed by atoms with van der Waals surface area (Å²) < 4.78 is 10.4. The number of benzene rings is 1. The Labute approximate surface area is 142 Å². The highest BCUT2D eigenvalue weighted by atomic mass is 16.5. The Balaban J connectivity index is 3.04. The first kappa shape index (κ1) is 18.8. The molecule has 0 aromatic heterocycles. The molecule has 0 fully saturated rings. The van der Waals surface area contributed by atoms with Crippen molar-refractivity contribution in [2.45, 2.75) is 0 Å². The quantitative estimate of drug-likeness (QED) is 0.429. The van der Waals surface area contributed by atoms with Crippen molar-refractivity contribution in [2.24, 2.45) is 0 Å². The van der Waals surface area contributed by atoms with Crippen LogP contribution in [0.25, 0.3) is 0 Å². The summed E-state index contributed by atoms with van der Waals surface area (Å²) in [6, 6.07) is 7.09. The van der Waals surface area contributed by atoms with Crippen molar-refractivity contribution in [1.82, 2.24) is 4.90 Å². The number of nitriles is 1. The first-order valence-electron chi connectivity index (χ1n) is 7.21. The molecule has 1 aromatic carbocycles. The van der Waals surface area contributed by atoms with Gasteiger partial charge in [0.1, 0.15) is 23.1 Å². The van der Waals surface area contributed by atoms with Crippen molar-refractivity contribution >= 4 is 11.6 Å². The van der Waals surface area contributed by atoms with Crippen molar-refractivity contribution in [1.29, 1.82) is 5.26 Å². The molecule has 6 nitrogen and oxygen atoms in total. The fraction of sp³-hybridized carbons (Fsp3) is 0.222. The van der Waals surface area contributed by atoms with Crippen LogP contribution in [-0.4, -0.2) is 38.1 Å². The number of ether oxygens (including phenoxy) is 2. The zero-order valence-corrected chi connectivity index (χ0v) is 13.9. The van der Waals surface area contributed by atoms with Gasteiger partial charge in [-0.2, -0.15) is 5.26 Å². The second-order valence-corrected chi connectivity index (χ2v) is 4.67. The number of amides is 1. The minimum absolute atomic E-state index is 0.0384. The number of nitrogens with zero attached hydrogens (tertiary/aromatic N) is 2. The molecule has 0 aliphatic carbocycles. The Morgan fingerprint density at radius 1 is 1.29 bits per heavy atom. The predicted octanol–water partition coefficient (Wildman–Crippen LogP) is 2.72. The lowest BCUT2D eigenvalue weighted by Gasteiger charge is -2.18. The van der Waals surface area contributed by atoms with Crippen molar-refractivity contribution in [2.75, 3.05) is 32.6 Å². The van der Waals surface area contributed by atoms with Crippen molar-refractivity contribution < 1.29 is 14.3 Å². The zero-order valence-electron chi connectivity index (χ0n) is 13.9. The van der Waals surface area contributed by atoms with E-state index in [-0.39, 0.29) is 5.57 Å². The maximum Gasteiger partial charge on any atom is 0.266 e. The number of carbonyl (C=O) groups is 1. The Morgan fingerprint density at radius 2 is 1.96 bits per heavy atom. The number of hydrogen-bond donors (Lipinski definition) is 1. The van der Waals surface area contributed by atoms with Crippen LogP contribution in [0.15, 0.2) is 55.3 Å². The fourth-order valence-electron chi connectivity index (χ4n) is 1.94. The standard InChI is InChI=1S/C18H21N3O3/c1-5-9-21(10-6-2)18(22)14(12-19)13-20-16-11-15(23-3)7-8-17(16)24-4/h5-8,11,13,20H,1-2,9-10H2,3-4H3/b14-13-. The topological polar surface area (TPSA) is 74.6 Å². The maximum atomic E-state index is 12.4. The van der Waals surface area contributed by atoms with E-state index in [9.17, 15) is 10.1 Å². The van der Waals surface area contributed by atoms with E-state index in [1.165, 1.54) is 18.2 Å². The number of rotatable bonds is 9. The average Bonchev–Trinajstić information content (AvgIpc) is 2.61. The van der Waals surface area contributed by atoms with Crippen LogP contribution in [0.3, 0.4) is 0 Å². The van der Waals surface area contributed by atoms with Crippen LogP contribution < -0.4 is 14.8 Å². The molecule has 0 heterocycles. The summed E-state index contributed by atoms with van der Waals surface area (Å²) in [4.78, 5) is 13.9. The molecule has 0 saturated heterocycles. The summed E-state index contributed by atoms with van der Waals surface area (Å²) in [6.45, 7) is 7.87. The summed E-state index contributed by atoms with van der Waals surface area (Å²) in [6.07, 6.45) is 4.53. The van der Waals surface area contributed by atoms with E-state index in [1.807, 2.05) is 6.07 Å². The monoisotopic (exact) mass is 327 g/mol. The van der Waals surface area contributed by atoms with E-state index in [0.29, 0.717) is 30.3 Å². The molecule has 1 amide bonds. The van der Waals surface area contributed by atoms with E-state index in [4.69, 9.17) is 9.47 Å². The molecule has 0 spiro atoms. The number of carbonyl (C=O) groups excluding carboxylic acids is 1. The summed E-state index contributed by atoms with van der Waals surface area (Å²) >= 11 is 0. The summed E-state index contributed by atoms with van der Waals surface area (Å²) in [5.74, 6) is 0.772. The van der Waals surface area contributed by atoms with Gasteiger partial charge in [-0.05, 0) is 12.1 Å². The lowest BCUT2D eigenvalue weighted by atomic mass is 10.2. The molecule has 0 saturated carbocycles. The van der Waals surface area contributed by atoms with Gasteiger partial charge in [0, 0.05) is 25.4 Å². The number of methoxy groups -OCH3 is 2. The molecule has 24 heavy (non-hydrogen) atoms. The van der Waals surface area contributed by atoms with E-state index >= 15 is 0 Å². The van der Waals surface area contributed by atoms with Crippen LogP contribution in [0.2, 0.25) is 0 Å². The number of hydrogen-bond acceptors (Lipinski definition) is 5. The minimum atomic E-state index is -0.410. The van der Waals surface area contributed by atoms with Crippen molar-refractivity contribution in [3.8, 4) is 17.6 Å². The molecule has 126 valence electrons. The van der Waals surface area contributed by atoms with Crippen LogP contribution in [-0.2, 0) is 4.79 Å². The molecule has 0 unspecified atom stereocenters. The SMILES string of the molecule is C=CCN(CC=C)C(=O)/C(C#N)=C\Nc1cc(OC)ccc1OC. The molecule has 1 N–H and O–H groups in total. The maximum absolute atomic E-state index is 12.4. The van der Waals surface area contributed by atoms with Gasteiger partial charge in [0.05, 0.1) is 19.9 Å². The third kappa shape index (κ3) is 4.92. The van der Waals surface area contributed by atoms with Crippen LogP contribution >= 0.6 is 0 Å². The highest BCUT2D eigenvalue weighted by Gasteiger charge is 2.16. The van der Waals surface area contributed by atoms with Crippen LogP contribution in [0, 0.1) is 11.3 Å². The number of anilines is 1. The second-order valence-electron chi connectivity index (χ2n) is 4.67. The molecular formula is C18H21N3O3. The van der Waals surface area contributed by atoms with Gasteiger partial charge < -0.3 is 19.7 Å². The van der Waals surface area contributed by atoms with Crippen LogP contribution in [0.5, 0.6) is 11.5 Å². The molecule has 0 aliphatic heterocycles. The third-order valence-electron chi connectivity index (χ3n) is 3.12. The molecule has 0 atom stereocenters. The van der Waals surface area contributed by atoms with Gasteiger partial charge in [0.15, 0.2) is 0 Å². The first-order chi connectivity index (χ1) is 11.6. The van der Waals surface area contributed by atoms with Crippen LogP contribution in [0.1, 0.15) is 0 Å². The largest absolute Gasteiger partial charge is 0.497 e. The van der Waals surface area contributed by atoms with E-state index < -0.39 is 5.91 Å². The van der Waals surface area contributed by atoms with Gasteiger partial charge in [0.25, 0.3) is 5.91 Å². The first-order valence-corrected chi connectivity index (χ1v) is 7.21. The summed E-state index contributed by atoms with van der Waals surface area (Å²) in [5.41, 5.74) is 0.542. The molecule has 1 aromatic rings. The van der Waals surface area contributed by atoms with E-state index in [2.05, 4.69) is 18.5 Å². The van der Waals surface area contributed by atoms with Crippen molar-refractivity contribution in [3.63, 3.8) is 0 Å². The molecular weight excluding hydrogens is 306 g/mol. The second kappa shape index (κ2) is 9.74. The highest BCUT2D eigenvalue weighted by molar-refractivity contribution is 5.97. The molecule has 1 rings (SSSR count). The normalized spacial score (nSPS) is 10.3. The molecule has 0 bridgehead atoms. The van der Waals surface area contributed by atoms with Crippen molar-refractivity contribution in [3.05, 3.63) is 55.3 Å². The zero-order chi connectivity index (χ0) is 17.9. The highest BCUT2D eigenvalue weighted by Crippen LogP contribution is 2.29. The van der Waals surface area contributed by atoms with Gasteiger partial charge in [-0.3, -0.25) is 4.79 Å². The minimum Gasteiger partial charge on any atom is -0.497 e. The molecule has 0 aliphatic rings. The lowest BCUT2D eigenvalue weighted by Crippen LogP contribution is -2.32. The van der Waals surface area contributed by atoms with Crippen LogP contribution in [0.4, 0.5) is 5.69 Å². The van der Waals surface area contributed by atoms with Gasteiger partial charge in [-0.25, -0.2) is 0 Å². The predicted molar refractivity (Wildman–Crippen MR) is 93.8 cm³/mol. The lowest BCUT2D eigenvalue weighted by molar-refractivity contribution is -0.125. The van der Waals surface area contributed by atoms with Gasteiger partial charge in [0.2, 0.25) is 0 Å². The average molecular weight is 327 g/mol. The molecule has 6 heteroatoms. The van der Waals surface area contributed by atoms with Gasteiger partial charge >= 0.3 is 0 Å². The van der Waals surface area contributed by atoms with E-state index in [1.54, 1.807) is 37.5 Å². The smallest absolute Gasteiger partial charge is 0.266 e. The molecule has 0 radical (unpaired) electrons. The van der Waals surface area contributed by atoms with E-state index in [0.717, 1.165) is 0 Å². The Bertz CT molecular complexity index is 665.